The van der Waals surface area contributed by atoms with E-state index in [1.165, 1.54) is 16.2 Å². The predicted octanol–water partition coefficient (Wildman–Crippen LogP) is 2.88. The molecule has 0 aliphatic heterocycles. The van der Waals surface area contributed by atoms with Gasteiger partial charge in [0, 0.05) is 25.2 Å². The molecule has 0 radical (unpaired) electrons. The average molecular weight is 347 g/mol. The quantitative estimate of drug-likeness (QED) is 0.869. The van der Waals surface area contributed by atoms with E-state index in [1.807, 2.05) is 0 Å². The van der Waals surface area contributed by atoms with Crippen molar-refractivity contribution in [2.24, 2.45) is 0 Å². The Bertz CT molecular complexity index is 770. The van der Waals surface area contributed by atoms with Crippen molar-refractivity contribution >= 4 is 34.8 Å². The van der Waals surface area contributed by atoms with E-state index in [4.69, 9.17) is 11.6 Å². The van der Waals surface area contributed by atoms with Crippen LogP contribution in [0.1, 0.15) is 25.6 Å². The molecule has 1 N–H and O–H groups in total. The lowest BCUT2D eigenvalue weighted by Crippen LogP contribution is -2.22. The van der Waals surface area contributed by atoms with Crippen LogP contribution in [0.3, 0.4) is 0 Å². The van der Waals surface area contributed by atoms with Crippen LogP contribution in [-0.2, 0) is 0 Å². The number of rotatable bonds is 3. The zero-order valence-electron chi connectivity index (χ0n) is 12.7. The second kappa shape index (κ2) is 7.82. The van der Waals surface area contributed by atoms with Crippen LogP contribution in [0.15, 0.2) is 36.4 Å². The molecule has 0 atom stereocenters. The standard InChI is InChI=1S/C17H15ClN2O2S/c1-20(2)17(22)13-7-5-12(6-8-13)4-3-11-19-16(21)14-9-10-15(18)23-14/h5-10H,11H2,1-2H3,(H,19,21). The third-order valence-corrected chi connectivity index (χ3v) is 4.14. The second-order valence-electron chi connectivity index (χ2n) is 4.87. The second-order valence-corrected chi connectivity index (χ2v) is 6.58. The molecule has 2 amide bonds. The molecule has 118 valence electrons. The first-order valence-electron chi connectivity index (χ1n) is 6.81. The predicted molar refractivity (Wildman–Crippen MR) is 93.0 cm³/mol. The summed E-state index contributed by atoms with van der Waals surface area (Å²) in [5.74, 6) is 5.57. The van der Waals surface area contributed by atoms with Crippen molar-refractivity contribution in [3.63, 3.8) is 0 Å². The Hall–Kier alpha value is -2.29. The van der Waals surface area contributed by atoms with Gasteiger partial charge in [0.05, 0.1) is 15.8 Å². The largest absolute Gasteiger partial charge is 0.345 e. The summed E-state index contributed by atoms with van der Waals surface area (Å²) in [6, 6.07) is 10.4. The van der Waals surface area contributed by atoms with Gasteiger partial charge in [-0.1, -0.05) is 23.4 Å². The molecule has 2 rings (SSSR count). The average Bonchev–Trinajstić information content (AvgIpc) is 2.97. The molecule has 0 fully saturated rings. The van der Waals surface area contributed by atoms with E-state index in [0.717, 1.165) is 5.56 Å². The van der Waals surface area contributed by atoms with E-state index < -0.39 is 0 Å². The van der Waals surface area contributed by atoms with E-state index >= 15 is 0 Å². The molecule has 0 aliphatic carbocycles. The van der Waals surface area contributed by atoms with Gasteiger partial charge >= 0.3 is 0 Å². The van der Waals surface area contributed by atoms with Gasteiger partial charge in [0.25, 0.3) is 11.8 Å². The summed E-state index contributed by atoms with van der Waals surface area (Å²) in [4.78, 5) is 25.6. The molecule has 0 saturated carbocycles. The number of carbonyl (C=O) groups is 2. The lowest BCUT2D eigenvalue weighted by molar-refractivity contribution is 0.0827. The van der Waals surface area contributed by atoms with E-state index in [9.17, 15) is 9.59 Å². The summed E-state index contributed by atoms with van der Waals surface area (Å²) in [5.41, 5.74) is 1.40. The van der Waals surface area contributed by atoms with E-state index in [-0.39, 0.29) is 18.4 Å². The van der Waals surface area contributed by atoms with Gasteiger partial charge in [0.15, 0.2) is 0 Å². The summed E-state index contributed by atoms with van der Waals surface area (Å²) in [5, 5.41) is 2.71. The zero-order chi connectivity index (χ0) is 16.8. The number of carbonyl (C=O) groups excluding carboxylic acids is 2. The Labute approximate surface area is 144 Å². The number of nitrogens with zero attached hydrogens (tertiary/aromatic N) is 1. The van der Waals surface area contributed by atoms with Crippen molar-refractivity contribution < 1.29 is 9.59 Å². The van der Waals surface area contributed by atoms with Crippen LogP contribution >= 0.6 is 22.9 Å². The molecule has 6 heteroatoms. The topological polar surface area (TPSA) is 49.4 Å². The van der Waals surface area contributed by atoms with Crippen molar-refractivity contribution in [3.05, 3.63) is 56.7 Å². The van der Waals surface area contributed by atoms with Gasteiger partial charge in [-0.15, -0.1) is 11.3 Å². The summed E-state index contributed by atoms with van der Waals surface area (Å²) in [6.07, 6.45) is 0. The van der Waals surface area contributed by atoms with Crippen LogP contribution in [0.4, 0.5) is 0 Å². The van der Waals surface area contributed by atoms with Crippen LogP contribution < -0.4 is 5.32 Å². The van der Waals surface area contributed by atoms with Crippen molar-refractivity contribution in [3.8, 4) is 11.8 Å². The van der Waals surface area contributed by atoms with Gasteiger partial charge in [0.1, 0.15) is 0 Å². The minimum absolute atomic E-state index is 0.0496. The summed E-state index contributed by atoms with van der Waals surface area (Å²) in [7, 11) is 3.42. The highest BCUT2D eigenvalue weighted by molar-refractivity contribution is 7.17. The third-order valence-electron chi connectivity index (χ3n) is 2.91. The molecular formula is C17H15ClN2O2S. The Morgan fingerprint density at radius 2 is 1.87 bits per heavy atom. The van der Waals surface area contributed by atoms with E-state index in [0.29, 0.717) is 14.8 Å². The van der Waals surface area contributed by atoms with Crippen LogP contribution in [0.2, 0.25) is 4.34 Å². The highest BCUT2D eigenvalue weighted by Crippen LogP contribution is 2.20. The molecule has 1 aromatic carbocycles. The first kappa shape index (κ1) is 17.1. The first-order valence-corrected chi connectivity index (χ1v) is 8.01. The molecule has 1 heterocycles. The molecule has 0 aliphatic rings. The zero-order valence-corrected chi connectivity index (χ0v) is 14.3. The Morgan fingerprint density at radius 1 is 1.17 bits per heavy atom. The Balaban J connectivity index is 1.90. The fourth-order valence-electron chi connectivity index (χ4n) is 1.75. The highest BCUT2D eigenvalue weighted by Gasteiger charge is 2.07. The molecule has 0 bridgehead atoms. The highest BCUT2D eigenvalue weighted by atomic mass is 35.5. The third kappa shape index (κ3) is 4.85. The molecule has 4 nitrogen and oxygen atoms in total. The molecule has 0 spiro atoms. The van der Waals surface area contributed by atoms with Gasteiger partial charge in [0.2, 0.25) is 0 Å². The number of halogens is 1. The molecule has 23 heavy (non-hydrogen) atoms. The molecule has 2 aromatic rings. The minimum atomic E-state index is -0.192. The van der Waals surface area contributed by atoms with Crippen molar-refractivity contribution in [2.75, 3.05) is 20.6 Å². The number of hydrogen-bond acceptors (Lipinski definition) is 3. The fourth-order valence-corrected chi connectivity index (χ4v) is 2.71. The molecule has 0 unspecified atom stereocenters. The number of amides is 2. The van der Waals surface area contributed by atoms with Crippen LogP contribution in [0.5, 0.6) is 0 Å². The maximum atomic E-state index is 11.8. The maximum absolute atomic E-state index is 11.8. The Kier molecular flexibility index (Phi) is 5.80. The minimum Gasteiger partial charge on any atom is -0.345 e. The number of benzene rings is 1. The van der Waals surface area contributed by atoms with E-state index in [1.54, 1.807) is 50.5 Å². The molecule has 1 aromatic heterocycles. The van der Waals surface area contributed by atoms with Crippen LogP contribution in [0.25, 0.3) is 0 Å². The normalized spacial score (nSPS) is 9.70. The smallest absolute Gasteiger partial charge is 0.262 e. The van der Waals surface area contributed by atoms with Crippen molar-refractivity contribution in [1.29, 1.82) is 0 Å². The van der Waals surface area contributed by atoms with Crippen LogP contribution in [0, 0.1) is 11.8 Å². The summed E-state index contributed by atoms with van der Waals surface area (Å²) < 4.78 is 0.577. The number of hydrogen-bond donors (Lipinski definition) is 1. The van der Waals surface area contributed by atoms with Gasteiger partial charge in [-0.05, 0) is 36.4 Å². The SMILES string of the molecule is CN(C)C(=O)c1ccc(C#CCNC(=O)c2ccc(Cl)s2)cc1. The summed E-state index contributed by atoms with van der Waals surface area (Å²) in [6.45, 7) is 0.243. The number of nitrogens with one attached hydrogen (secondary N) is 1. The van der Waals surface area contributed by atoms with Gasteiger partial charge in [-0.3, -0.25) is 9.59 Å². The van der Waals surface area contributed by atoms with Gasteiger partial charge < -0.3 is 10.2 Å². The van der Waals surface area contributed by atoms with Gasteiger partial charge in [-0.25, -0.2) is 0 Å². The van der Waals surface area contributed by atoms with Crippen molar-refractivity contribution in [1.82, 2.24) is 10.2 Å². The number of thiophene rings is 1. The fraction of sp³-hybridized carbons (Fsp3) is 0.176. The lowest BCUT2D eigenvalue weighted by Gasteiger charge is -2.09. The lowest BCUT2D eigenvalue weighted by atomic mass is 10.1. The molecule has 0 saturated heterocycles. The Morgan fingerprint density at radius 3 is 2.43 bits per heavy atom. The molecular weight excluding hydrogens is 332 g/mol. The summed E-state index contributed by atoms with van der Waals surface area (Å²) >= 11 is 7.01. The monoisotopic (exact) mass is 346 g/mol. The van der Waals surface area contributed by atoms with E-state index in [2.05, 4.69) is 17.2 Å². The maximum Gasteiger partial charge on any atom is 0.262 e. The van der Waals surface area contributed by atoms with Crippen LogP contribution in [-0.4, -0.2) is 37.4 Å². The van der Waals surface area contributed by atoms with Gasteiger partial charge in [-0.2, -0.15) is 0 Å². The van der Waals surface area contributed by atoms with Crippen molar-refractivity contribution in [2.45, 2.75) is 0 Å². The first-order chi connectivity index (χ1) is 11.0.